The second-order valence-electron chi connectivity index (χ2n) is 3.22. The third-order valence-corrected chi connectivity index (χ3v) is 3.51. The maximum absolute atomic E-state index is 5.96. The van der Waals surface area contributed by atoms with E-state index in [-0.39, 0.29) is 0 Å². The maximum Gasteiger partial charge on any atom is 0.190 e. The minimum Gasteiger partial charge on any atom is -0.326 e. The Bertz CT molecular complexity index is 497. The predicted molar refractivity (Wildman–Crippen MR) is 64.5 cm³/mol. The molecule has 1 heterocycles. The van der Waals surface area contributed by atoms with E-state index in [1.165, 1.54) is 18.1 Å². The third-order valence-electron chi connectivity index (χ3n) is 2.12. The van der Waals surface area contributed by atoms with E-state index in [1.807, 2.05) is 25.2 Å². The monoisotopic (exact) mass is 254 g/mol. The molecule has 1 aromatic heterocycles. The summed E-state index contributed by atoms with van der Waals surface area (Å²) >= 11 is 7.47. The van der Waals surface area contributed by atoms with Gasteiger partial charge in [-0.3, -0.25) is 0 Å². The predicted octanol–water partition coefficient (Wildman–Crippen LogP) is 2.08. The minimum atomic E-state index is 0.483. The van der Waals surface area contributed by atoms with Crippen LogP contribution in [0.15, 0.2) is 34.6 Å². The minimum absolute atomic E-state index is 0.483. The van der Waals surface area contributed by atoms with Crippen molar-refractivity contribution in [3.63, 3.8) is 0 Å². The van der Waals surface area contributed by atoms with Gasteiger partial charge in [-0.1, -0.05) is 17.7 Å². The molecule has 0 aliphatic carbocycles. The molecule has 84 valence electrons. The SMILES string of the molecule is Cn1ncnc1Sc1cc(Cl)ccc1CN. The van der Waals surface area contributed by atoms with Crippen LogP contribution in [0.5, 0.6) is 0 Å². The third kappa shape index (κ3) is 2.37. The zero-order valence-electron chi connectivity index (χ0n) is 8.72. The molecule has 0 bridgehead atoms. The number of nitrogens with two attached hydrogens (primary N) is 1. The van der Waals surface area contributed by atoms with Gasteiger partial charge >= 0.3 is 0 Å². The summed E-state index contributed by atoms with van der Waals surface area (Å²) in [5.41, 5.74) is 6.72. The second-order valence-corrected chi connectivity index (χ2v) is 4.67. The van der Waals surface area contributed by atoms with Crippen LogP contribution in [0.2, 0.25) is 5.02 Å². The van der Waals surface area contributed by atoms with Crippen molar-refractivity contribution in [3.8, 4) is 0 Å². The molecule has 2 N–H and O–H groups in total. The highest BCUT2D eigenvalue weighted by Crippen LogP contribution is 2.30. The standard InChI is InChI=1S/C10H11ClN4S/c1-15-10(13-6-14-15)16-9-4-8(11)3-2-7(9)5-12/h2-4,6H,5,12H2,1H3. The number of halogens is 1. The van der Waals surface area contributed by atoms with Gasteiger partial charge in [-0.15, -0.1) is 0 Å². The molecule has 0 radical (unpaired) electrons. The molecule has 0 spiro atoms. The number of hydrogen-bond acceptors (Lipinski definition) is 4. The zero-order chi connectivity index (χ0) is 11.5. The summed E-state index contributed by atoms with van der Waals surface area (Å²) in [6.07, 6.45) is 1.52. The highest BCUT2D eigenvalue weighted by Gasteiger charge is 2.08. The van der Waals surface area contributed by atoms with Crippen LogP contribution >= 0.6 is 23.4 Å². The Morgan fingerprint density at radius 2 is 2.31 bits per heavy atom. The number of benzene rings is 1. The van der Waals surface area contributed by atoms with Gasteiger partial charge in [0, 0.05) is 23.5 Å². The Morgan fingerprint density at radius 3 is 2.94 bits per heavy atom. The van der Waals surface area contributed by atoms with Crippen LogP contribution in [0.3, 0.4) is 0 Å². The van der Waals surface area contributed by atoms with Gasteiger partial charge in [0.2, 0.25) is 0 Å². The van der Waals surface area contributed by atoms with Gasteiger partial charge in [0.05, 0.1) is 0 Å². The lowest BCUT2D eigenvalue weighted by Gasteiger charge is -2.06. The Kier molecular flexibility index (Phi) is 3.48. The summed E-state index contributed by atoms with van der Waals surface area (Å²) in [7, 11) is 1.85. The van der Waals surface area contributed by atoms with Crippen LogP contribution in [0.25, 0.3) is 0 Å². The fourth-order valence-corrected chi connectivity index (χ4v) is 2.45. The van der Waals surface area contributed by atoms with E-state index >= 15 is 0 Å². The summed E-state index contributed by atoms with van der Waals surface area (Å²) in [5, 5.41) is 5.52. The first-order valence-corrected chi connectivity index (χ1v) is 5.90. The zero-order valence-corrected chi connectivity index (χ0v) is 10.3. The number of hydrogen-bond donors (Lipinski definition) is 1. The van der Waals surface area contributed by atoms with Gasteiger partial charge in [0.1, 0.15) is 6.33 Å². The maximum atomic E-state index is 5.96. The fraction of sp³-hybridized carbons (Fsp3) is 0.200. The first-order chi connectivity index (χ1) is 7.70. The first kappa shape index (κ1) is 11.4. The van der Waals surface area contributed by atoms with Crippen molar-refractivity contribution in [2.75, 3.05) is 0 Å². The smallest absolute Gasteiger partial charge is 0.190 e. The van der Waals surface area contributed by atoms with Crippen molar-refractivity contribution >= 4 is 23.4 Å². The average Bonchev–Trinajstić information content (AvgIpc) is 2.65. The van der Waals surface area contributed by atoms with Crippen LogP contribution in [0.4, 0.5) is 0 Å². The summed E-state index contributed by atoms with van der Waals surface area (Å²) < 4.78 is 1.71. The lowest BCUT2D eigenvalue weighted by atomic mass is 10.2. The fourth-order valence-electron chi connectivity index (χ4n) is 1.27. The van der Waals surface area contributed by atoms with Crippen molar-refractivity contribution < 1.29 is 0 Å². The molecular weight excluding hydrogens is 244 g/mol. The van der Waals surface area contributed by atoms with E-state index in [9.17, 15) is 0 Å². The highest BCUT2D eigenvalue weighted by atomic mass is 35.5. The molecular formula is C10H11ClN4S. The lowest BCUT2D eigenvalue weighted by molar-refractivity contribution is 0.685. The molecule has 16 heavy (non-hydrogen) atoms. The summed E-state index contributed by atoms with van der Waals surface area (Å²) in [5.74, 6) is 0. The van der Waals surface area contributed by atoms with E-state index in [0.29, 0.717) is 11.6 Å². The molecule has 0 aliphatic heterocycles. The van der Waals surface area contributed by atoms with E-state index in [0.717, 1.165) is 15.6 Å². The van der Waals surface area contributed by atoms with E-state index < -0.39 is 0 Å². The van der Waals surface area contributed by atoms with Crippen molar-refractivity contribution in [2.24, 2.45) is 12.8 Å². The van der Waals surface area contributed by atoms with Crippen LogP contribution in [-0.4, -0.2) is 14.8 Å². The molecule has 0 fully saturated rings. The largest absolute Gasteiger partial charge is 0.326 e. The molecule has 0 saturated carbocycles. The van der Waals surface area contributed by atoms with Gasteiger partial charge in [-0.05, 0) is 29.5 Å². The van der Waals surface area contributed by atoms with E-state index in [2.05, 4.69) is 10.1 Å². The van der Waals surface area contributed by atoms with Crippen molar-refractivity contribution in [3.05, 3.63) is 35.1 Å². The summed E-state index contributed by atoms with van der Waals surface area (Å²) in [6.45, 7) is 0.483. The second kappa shape index (κ2) is 4.86. The van der Waals surface area contributed by atoms with Gasteiger partial charge in [-0.25, -0.2) is 9.67 Å². The number of aromatic nitrogens is 3. The molecule has 6 heteroatoms. The van der Waals surface area contributed by atoms with Crippen LogP contribution in [0.1, 0.15) is 5.56 Å². The normalized spacial score (nSPS) is 10.7. The number of nitrogens with zero attached hydrogens (tertiary/aromatic N) is 3. The number of aryl methyl sites for hydroxylation is 1. The van der Waals surface area contributed by atoms with Crippen molar-refractivity contribution in [1.82, 2.24) is 14.8 Å². The average molecular weight is 255 g/mol. The lowest BCUT2D eigenvalue weighted by Crippen LogP contribution is -1.99. The molecule has 2 aromatic rings. The van der Waals surface area contributed by atoms with Crippen molar-refractivity contribution in [2.45, 2.75) is 16.6 Å². The molecule has 0 atom stereocenters. The first-order valence-electron chi connectivity index (χ1n) is 4.71. The highest BCUT2D eigenvalue weighted by molar-refractivity contribution is 7.99. The van der Waals surface area contributed by atoms with Crippen LogP contribution < -0.4 is 5.73 Å². The number of rotatable bonds is 3. The van der Waals surface area contributed by atoms with Gasteiger partial charge in [0.15, 0.2) is 5.16 Å². The van der Waals surface area contributed by atoms with E-state index in [1.54, 1.807) is 4.68 Å². The van der Waals surface area contributed by atoms with Gasteiger partial charge in [0.25, 0.3) is 0 Å². The Labute approximate surface area is 103 Å². The Morgan fingerprint density at radius 1 is 1.50 bits per heavy atom. The quantitative estimate of drug-likeness (QED) is 0.911. The van der Waals surface area contributed by atoms with Gasteiger partial charge in [-0.2, -0.15) is 5.10 Å². The molecule has 1 aromatic carbocycles. The Balaban J connectivity index is 2.33. The molecule has 4 nitrogen and oxygen atoms in total. The summed E-state index contributed by atoms with van der Waals surface area (Å²) in [6, 6.07) is 5.66. The topological polar surface area (TPSA) is 56.7 Å². The van der Waals surface area contributed by atoms with Crippen LogP contribution in [-0.2, 0) is 13.6 Å². The van der Waals surface area contributed by atoms with Crippen molar-refractivity contribution in [1.29, 1.82) is 0 Å². The molecule has 0 amide bonds. The molecule has 0 saturated heterocycles. The van der Waals surface area contributed by atoms with Crippen LogP contribution in [0, 0.1) is 0 Å². The van der Waals surface area contributed by atoms with Gasteiger partial charge < -0.3 is 5.73 Å². The van der Waals surface area contributed by atoms with E-state index in [4.69, 9.17) is 17.3 Å². The molecule has 0 aliphatic rings. The summed E-state index contributed by atoms with van der Waals surface area (Å²) in [4.78, 5) is 5.17. The Hall–Kier alpha value is -1.04. The molecule has 2 rings (SSSR count). The molecule has 0 unspecified atom stereocenters.